The number of amides is 2. The number of urea groups is 1. The molecule has 20 heavy (non-hydrogen) atoms. The van der Waals surface area contributed by atoms with E-state index in [9.17, 15) is 22.8 Å². The van der Waals surface area contributed by atoms with Gasteiger partial charge in [0.05, 0.1) is 0 Å². The number of anilines is 1. The summed E-state index contributed by atoms with van der Waals surface area (Å²) < 4.78 is 39.1. The van der Waals surface area contributed by atoms with Crippen molar-refractivity contribution in [3.05, 3.63) is 29.6 Å². The maximum absolute atomic E-state index is 13.2. The van der Waals surface area contributed by atoms with Crippen LogP contribution in [0.15, 0.2) is 12.1 Å². The molecule has 0 aliphatic heterocycles. The Morgan fingerprint density at radius 3 is 2.20 bits per heavy atom. The Morgan fingerprint density at radius 1 is 1.20 bits per heavy atom. The molecule has 6 nitrogen and oxygen atoms in total. The molecule has 0 aromatic heterocycles. The molecule has 0 heterocycles. The lowest BCUT2D eigenvalue weighted by Gasteiger charge is -2.14. The Kier molecular flexibility index (Phi) is 5.32. The van der Waals surface area contributed by atoms with Gasteiger partial charge in [-0.05, 0) is 0 Å². The Morgan fingerprint density at radius 2 is 1.75 bits per heavy atom. The summed E-state index contributed by atoms with van der Waals surface area (Å²) >= 11 is 0. The summed E-state index contributed by atoms with van der Waals surface area (Å²) in [6.07, 6.45) is -0.281. The number of aliphatic carboxylic acids is 1. The van der Waals surface area contributed by atoms with Gasteiger partial charge >= 0.3 is 12.0 Å². The van der Waals surface area contributed by atoms with Crippen LogP contribution in [0.1, 0.15) is 6.42 Å². The number of carbonyl (C=O) groups is 2. The molecule has 1 aromatic rings. The third kappa shape index (κ3) is 4.12. The SMILES string of the molecule is O=C(Nc1c(F)cc(F)cc1F)N[C@@H](CCO)C(=O)O. The first kappa shape index (κ1) is 15.8. The monoisotopic (exact) mass is 292 g/mol. The van der Waals surface area contributed by atoms with E-state index in [1.807, 2.05) is 5.32 Å². The molecular formula is C11H11F3N2O4. The highest BCUT2D eigenvalue weighted by atomic mass is 19.1. The molecule has 0 saturated carbocycles. The molecule has 1 aromatic carbocycles. The van der Waals surface area contributed by atoms with Crippen molar-refractivity contribution >= 4 is 17.7 Å². The maximum Gasteiger partial charge on any atom is 0.326 e. The lowest BCUT2D eigenvalue weighted by molar-refractivity contribution is -0.139. The summed E-state index contributed by atoms with van der Waals surface area (Å²) in [5.74, 6) is -5.26. The molecule has 4 N–H and O–H groups in total. The van der Waals surface area contributed by atoms with Crippen molar-refractivity contribution in [1.29, 1.82) is 0 Å². The van der Waals surface area contributed by atoms with Gasteiger partial charge in [0, 0.05) is 25.2 Å². The fourth-order valence-electron chi connectivity index (χ4n) is 1.36. The summed E-state index contributed by atoms with van der Waals surface area (Å²) in [4.78, 5) is 22.1. The Labute approximate surface area is 111 Å². The maximum atomic E-state index is 13.2. The predicted molar refractivity (Wildman–Crippen MR) is 61.6 cm³/mol. The number of hydrogen-bond acceptors (Lipinski definition) is 3. The van der Waals surface area contributed by atoms with Crippen molar-refractivity contribution in [1.82, 2.24) is 5.32 Å². The molecule has 2 amide bonds. The van der Waals surface area contributed by atoms with Gasteiger partial charge in [0.25, 0.3) is 0 Å². The lowest BCUT2D eigenvalue weighted by Crippen LogP contribution is -2.43. The van der Waals surface area contributed by atoms with Crippen LogP contribution in [-0.4, -0.2) is 34.9 Å². The van der Waals surface area contributed by atoms with Gasteiger partial charge < -0.3 is 20.8 Å². The Balaban J connectivity index is 2.78. The van der Waals surface area contributed by atoms with Gasteiger partial charge in [0.1, 0.15) is 17.5 Å². The van der Waals surface area contributed by atoms with Crippen LogP contribution in [-0.2, 0) is 4.79 Å². The summed E-state index contributed by atoms with van der Waals surface area (Å²) in [6.45, 7) is -0.503. The molecule has 0 fully saturated rings. The molecule has 0 unspecified atom stereocenters. The van der Waals surface area contributed by atoms with E-state index >= 15 is 0 Å². The summed E-state index contributed by atoms with van der Waals surface area (Å²) in [6, 6.07) is -1.90. The molecule has 1 rings (SSSR count). The second-order valence-corrected chi connectivity index (χ2v) is 3.75. The average Bonchev–Trinajstić information content (AvgIpc) is 2.33. The zero-order chi connectivity index (χ0) is 15.3. The van der Waals surface area contributed by atoms with Crippen molar-refractivity contribution in [3.63, 3.8) is 0 Å². The molecule has 0 bridgehead atoms. The highest BCUT2D eigenvalue weighted by molar-refractivity contribution is 5.92. The number of rotatable bonds is 5. The number of halogens is 3. The minimum atomic E-state index is -1.42. The highest BCUT2D eigenvalue weighted by Gasteiger charge is 2.21. The van der Waals surface area contributed by atoms with Crippen molar-refractivity contribution in [2.45, 2.75) is 12.5 Å². The molecule has 1 atom stereocenters. The largest absolute Gasteiger partial charge is 0.480 e. The van der Waals surface area contributed by atoms with Gasteiger partial charge in [0.2, 0.25) is 0 Å². The summed E-state index contributed by atoms with van der Waals surface area (Å²) in [5.41, 5.74) is -0.906. The van der Waals surface area contributed by atoms with Crippen LogP contribution in [0.2, 0.25) is 0 Å². The van der Waals surface area contributed by atoms with Gasteiger partial charge in [-0.2, -0.15) is 0 Å². The molecule has 0 radical (unpaired) electrons. The molecule has 110 valence electrons. The van der Waals surface area contributed by atoms with Gasteiger partial charge in [-0.25, -0.2) is 22.8 Å². The first-order valence-corrected chi connectivity index (χ1v) is 5.41. The molecular weight excluding hydrogens is 281 g/mol. The fourth-order valence-corrected chi connectivity index (χ4v) is 1.36. The van der Waals surface area contributed by atoms with Gasteiger partial charge in [0.15, 0.2) is 11.6 Å². The Bertz CT molecular complexity index is 501. The normalized spacial score (nSPS) is 11.8. The number of carboxylic acid groups (broad SMARTS) is 1. The smallest absolute Gasteiger partial charge is 0.326 e. The van der Waals surface area contributed by atoms with E-state index in [4.69, 9.17) is 10.2 Å². The number of benzene rings is 1. The third-order valence-corrected chi connectivity index (χ3v) is 2.27. The van der Waals surface area contributed by atoms with E-state index in [2.05, 4.69) is 0 Å². The standard InChI is InChI=1S/C11H11F3N2O4/c12-5-3-6(13)9(7(14)4-5)16-11(20)15-8(1-2-17)10(18)19/h3-4,8,17H,1-2H2,(H,18,19)(H2,15,16,20)/t8-/m0/s1. The topological polar surface area (TPSA) is 98.7 Å². The van der Waals surface area contributed by atoms with E-state index in [1.54, 1.807) is 5.32 Å². The van der Waals surface area contributed by atoms with E-state index in [-0.39, 0.29) is 6.42 Å². The van der Waals surface area contributed by atoms with Gasteiger partial charge in [-0.3, -0.25) is 0 Å². The molecule has 9 heteroatoms. The number of aliphatic hydroxyl groups excluding tert-OH is 1. The number of hydrogen-bond donors (Lipinski definition) is 4. The quantitative estimate of drug-likeness (QED) is 0.652. The Hall–Kier alpha value is -2.29. The number of nitrogens with one attached hydrogen (secondary N) is 2. The molecule has 0 aliphatic rings. The first-order valence-electron chi connectivity index (χ1n) is 5.41. The fraction of sp³-hybridized carbons (Fsp3) is 0.273. The van der Waals surface area contributed by atoms with E-state index in [0.29, 0.717) is 12.1 Å². The van der Waals surface area contributed by atoms with Crippen LogP contribution in [0, 0.1) is 17.5 Å². The van der Waals surface area contributed by atoms with Crippen LogP contribution >= 0.6 is 0 Å². The molecule has 0 spiro atoms. The number of aliphatic hydroxyl groups is 1. The lowest BCUT2D eigenvalue weighted by atomic mass is 10.2. The third-order valence-electron chi connectivity index (χ3n) is 2.27. The van der Waals surface area contributed by atoms with E-state index in [1.165, 1.54) is 0 Å². The number of carbonyl (C=O) groups excluding carboxylic acids is 1. The van der Waals surface area contributed by atoms with Crippen LogP contribution in [0.3, 0.4) is 0 Å². The zero-order valence-electron chi connectivity index (χ0n) is 9.99. The van der Waals surface area contributed by atoms with Gasteiger partial charge in [-0.1, -0.05) is 0 Å². The van der Waals surface area contributed by atoms with Crippen molar-refractivity contribution in [3.8, 4) is 0 Å². The number of carboxylic acids is 1. The summed E-state index contributed by atoms with van der Waals surface area (Å²) in [5, 5.41) is 21.0. The first-order chi connectivity index (χ1) is 9.35. The molecule has 0 aliphatic carbocycles. The van der Waals surface area contributed by atoms with E-state index < -0.39 is 47.8 Å². The second kappa shape index (κ2) is 6.75. The van der Waals surface area contributed by atoms with Crippen molar-refractivity contribution in [2.75, 3.05) is 11.9 Å². The minimum absolute atomic E-state index is 0.281. The van der Waals surface area contributed by atoms with Crippen molar-refractivity contribution < 1.29 is 33.0 Å². The van der Waals surface area contributed by atoms with Crippen LogP contribution < -0.4 is 10.6 Å². The zero-order valence-corrected chi connectivity index (χ0v) is 9.99. The molecule has 0 saturated heterocycles. The predicted octanol–water partition coefficient (Wildman–Crippen LogP) is 1.06. The van der Waals surface area contributed by atoms with Crippen LogP contribution in [0.4, 0.5) is 23.7 Å². The van der Waals surface area contributed by atoms with Crippen LogP contribution in [0.5, 0.6) is 0 Å². The second-order valence-electron chi connectivity index (χ2n) is 3.75. The van der Waals surface area contributed by atoms with Crippen molar-refractivity contribution in [2.24, 2.45) is 0 Å². The summed E-state index contributed by atoms with van der Waals surface area (Å²) in [7, 11) is 0. The average molecular weight is 292 g/mol. The van der Waals surface area contributed by atoms with Gasteiger partial charge in [-0.15, -0.1) is 0 Å². The highest BCUT2D eigenvalue weighted by Crippen LogP contribution is 2.19. The van der Waals surface area contributed by atoms with Crippen LogP contribution in [0.25, 0.3) is 0 Å². The van der Waals surface area contributed by atoms with E-state index in [0.717, 1.165) is 0 Å². The minimum Gasteiger partial charge on any atom is -0.480 e.